The summed E-state index contributed by atoms with van der Waals surface area (Å²) in [6, 6.07) is 8.26. The molecule has 1 heterocycles. The van der Waals surface area contributed by atoms with Crippen molar-refractivity contribution in [2.45, 2.75) is 26.8 Å². The number of anilines is 2. The third kappa shape index (κ3) is 3.58. The molecule has 2 rings (SSSR count). The summed E-state index contributed by atoms with van der Waals surface area (Å²) in [6.07, 6.45) is 0. The highest BCUT2D eigenvalue weighted by atomic mass is 32.1. The summed E-state index contributed by atoms with van der Waals surface area (Å²) in [4.78, 5) is 11.1. The van der Waals surface area contributed by atoms with Crippen LogP contribution in [0.2, 0.25) is 0 Å². The summed E-state index contributed by atoms with van der Waals surface area (Å²) >= 11 is 1.70. The van der Waals surface area contributed by atoms with Gasteiger partial charge in [-0.05, 0) is 53.9 Å². The maximum atomic E-state index is 11.1. The van der Waals surface area contributed by atoms with Crippen LogP contribution in [0.5, 0.6) is 0 Å². The van der Waals surface area contributed by atoms with E-state index >= 15 is 0 Å². The Hall–Kier alpha value is -1.81. The highest BCUT2D eigenvalue weighted by molar-refractivity contribution is 7.07. The maximum absolute atomic E-state index is 11.1. The Bertz CT molecular complexity index is 564. The second-order valence-corrected chi connectivity index (χ2v) is 5.41. The first-order valence-electron chi connectivity index (χ1n) is 6.23. The van der Waals surface area contributed by atoms with Crippen LogP contribution in [0.4, 0.5) is 11.4 Å². The van der Waals surface area contributed by atoms with E-state index in [1.165, 1.54) is 12.5 Å². The quantitative estimate of drug-likeness (QED) is 0.877. The van der Waals surface area contributed by atoms with Gasteiger partial charge in [0.15, 0.2) is 0 Å². The molecule has 19 heavy (non-hydrogen) atoms. The van der Waals surface area contributed by atoms with Crippen LogP contribution in [0, 0.1) is 6.92 Å². The highest BCUT2D eigenvalue weighted by Crippen LogP contribution is 2.26. The van der Waals surface area contributed by atoms with Crippen LogP contribution in [0.3, 0.4) is 0 Å². The summed E-state index contributed by atoms with van der Waals surface area (Å²) in [5.74, 6) is -0.0549. The van der Waals surface area contributed by atoms with Crippen LogP contribution in [-0.4, -0.2) is 5.91 Å². The minimum Gasteiger partial charge on any atom is -0.378 e. The number of hydrogen-bond acceptors (Lipinski definition) is 3. The largest absolute Gasteiger partial charge is 0.378 e. The number of amides is 1. The van der Waals surface area contributed by atoms with Gasteiger partial charge in [-0.25, -0.2) is 0 Å². The zero-order valence-corrected chi connectivity index (χ0v) is 12.2. The van der Waals surface area contributed by atoms with Gasteiger partial charge in [-0.15, -0.1) is 0 Å². The lowest BCUT2D eigenvalue weighted by Gasteiger charge is -2.17. The third-order valence-electron chi connectivity index (χ3n) is 2.97. The van der Waals surface area contributed by atoms with Crippen molar-refractivity contribution >= 4 is 28.6 Å². The number of hydrogen-bond donors (Lipinski definition) is 2. The van der Waals surface area contributed by atoms with Crippen molar-refractivity contribution in [3.05, 3.63) is 46.2 Å². The lowest BCUT2D eigenvalue weighted by Crippen LogP contribution is -2.09. The maximum Gasteiger partial charge on any atom is 0.221 e. The Morgan fingerprint density at radius 2 is 2.11 bits per heavy atom. The summed E-state index contributed by atoms with van der Waals surface area (Å²) in [5, 5.41) is 10.5. The van der Waals surface area contributed by atoms with E-state index in [9.17, 15) is 4.79 Å². The van der Waals surface area contributed by atoms with Gasteiger partial charge in [0, 0.05) is 24.3 Å². The van der Waals surface area contributed by atoms with Gasteiger partial charge in [0.2, 0.25) is 5.91 Å². The molecule has 1 unspecified atom stereocenters. The molecule has 2 aromatic rings. The van der Waals surface area contributed by atoms with E-state index in [0.29, 0.717) is 0 Å². The fraction of sp³-hybridized carbons (Fsp3) is 0.267. The SMILES string of the molecule is CC(=O)Nc1ccc(C)c(NC(C)c2ccsc2)c1. The van der Waals surface area contributed by atoms with Gasteiger partial charge in [-0.3, -0.25) is 4.79 Å². The molecule has 0 bridgehead atoms. The number of carbonyl (C=O) groups excluding carboxylic acids is 1. The van der Waals surface area contributed by atoms with E-state index in [0.717, 1.165) is 16.9 Å². The second kappa shape index (κ2) is 5.89. The van der Waals surface area contributed by atoms with Crippen LogP contribution in [0.15, 0.2) is 35.0 Å². The Labute approximate surface area is 117 Å². The van der Waals surface area contributed by atoms with Gasteiger partial charge in [-0.2, -0.15) is 11.3 Å². The van der Waals surface area contributed by atoms with Crippen molar-refractivity contribution in [1.82, 2.24) is 0 Å². The Morgan fingerprint density at radius 1 is 1.32 bits per heavy atom. The lowest BCUT2D eigenvalue weighted by molar-refractivity contribution is -0.114. The number of thiophene rings is 1. The molecule has 1 aromatic heterocycles. The van der Waals surface area contributed by atoms with E-state index in [1.54, 1.807) is 11.3 Å². The first kappa shape index (κ1) is 13.6. The Balaban J connectivity index is 2.17. The summed E-state index contributed by atoms with van der Waals surface area (Å²) in [7, 11) is 0. The van der Waals surface area contributed by atoms with Gasteiger partial charge < -0.3 is 10.6 Å². The first-order valence-corrected chi connectivity index (χ1v) is 7.17. The van der Waals surface area contributed by atoms with Crippen molar-refractivity contribution in [2.75, 3.05) is 10.6 Å². The number of carbonyl (C=O) groups is 1. The van der Waals surface area contributed by atoms with Gasteiger partial charge in [-0.1, -0.05) is 6.07 Å². The predicted molar refractivity (Wildman–Crippen MR) is 81.8 cm³/mol. The van der Waals surface area contributed by atoms with E-state index in [2.05, 4.69) is 41.3 Å². The van der Waals surface area contributed by atoms with Crippen molar-refractivity contribution in [3.8, 4) is 0 Å². The van der Waals surface area contributed by atoms with Crippen LogP contribution in [-0.2, 0) is 4.79 Å². The minimum atomic E-state index is -0.0549. The van der Waals surface area contributed by atoms with E-state index < -0.39 is 0 Å². The fourth-order valence-electron chi connectivity index (χ4n) is 1.90. The summed E-state index contributed by atoms with van der Waals surface area (Å²) in [6.45, 7) is 5.70. The summed E-state index contributed by atoms with van der Waals surface area (Å²) in [5.41, 5.74) is 4.30. The molecule has 0 fully saturated rings. The van der Waals surface area contributed by atoms with Crippen LogP contribution < -0.4 is 10.6 Å². The van der Waals surface area contributed by atoms with Crippen molar-refractivity contribution < 1.29 is 4.79 Å². The van der Waals surface area contributed by atoms with Crippen molar-refractivity contribution in [1.29, 1.82) is 0 Å². The normalized spacial score (nSPS) is 11.9. The second-order valence-electron chi connectivity index (χ2n) is 4.63. The van der Waals surface area contributed by atoms with Crippen LogP contribution in [0.1, 0.15) is 31.0 Å². The molecule has 0 aliphatic heterocycles. The van der Waals surface area contributed by atoms with Crippen LogP contribution in [0.25, 0.3) is 0 Å². The summed E-state index contributed by atoms with van der Waals surface area (Å²) < 4.78 is 0. The van der Waals surface area contributed by atoms with E-state index in [1.807, 2.05) is 18.2 Å². The fourth-order valence-corrected chi connectivity index (χ4v) is 2.65. The Kier molecular flexibility index (Phi) is 4.22. The van der Waals surface area contributed by atoms with Gasteiger partial charge >= 0.3 is 0 Å². The molecule has 2 N–H and O–H groups in total. The molecule has 1 aromatic carbocycles. The molecule has 100 valence electrons. The van der Waals surface area contributed by atoms with Crippen molar-refractivity contribution in [2.24, 2.45) is 0 Å². The average molecular weight is 274 g/mol. The average Bonchev–Trinajstić information content (AvgIpc) is 2.86. The highest BCUT2D eigenvalue weighted by Gasteiger charge is 2.08. The van der Waals surface area contributed by atoms with E-state index in [4.69, 9.17) is 0 Å². The monoisotopic (exact) mass is 274 g/mol. The molecule has 0 radical (unpaired) electrons. The molecule has 1 amide bonds. The smallest absolute Gasteiger partial charge is 0.221 e. The molecule has 0 spiro atoms. The zero-order valence-electron chi connectivity index (χ0n) is 11.4. The first-order chi connectivity index (χ1) is 9.06. The molecule has 1 atom stereocenters. The molecule has 0 saturated heterocycles. The van der Waals surface area contributed by atoms with Crippen LogP contribution >= 0.6 is 11.3 Å². The van der Waals surface area contributed by atoms with Gasteiger partial charge in [0.1, 0.15) is 0 Å². The zero-order chi connectivity index (χ0) is 13.8. The molecular formula is C15H18N2OS. The molecule has 0 aliphatic rings. The lowest BCUT2D eigenvalue weighted by atomic mass is 10.1. The molecule has 0 saturated carbocycles. The number of aryl methyl sites for hydroxylation is 1. The number of nitrogens with one attached hydrogen (secondary N) is 2. The number of benzene rings is 1. The molecular weight excluding hydrogens is 256 g/mol. The minimum absolute atomic E-state index is 0.0549. The third-order valence-corrected chi connectivity index (χ3v) is 3.67. The topological polar surface area (TPSA) is 41.1 Å². The Morgan fingerprint density at radius 3 is 2.74 bits per heavy atom. The van der Waals surface area contributed by atoms with Gasteiger partial charge in [0.25, 0.3) is 0 Å². The van der Waals surface area contributed by atoms with E-state index in [-0.39, 0.29) is 11.9 Å². The van der Waals surface area contributed by atoms with Gasteiger partial charge in [0.05, 0.1) is 0 Å². The molecule has 0 aliphatic carbocycles. The predicted octanol–water partition coefficient (Wildman–Crippen LogP) is 4.19. The standard InChI is InChI=1S/C15H18N2OS/c1-10-4-5-14(17-12(3)18)8-15(10)16-11(2)13-6-7-19-9-13/h4-9,11,16H,1-3H3,(H,17,18). The van der Waals surface area contributed by atoms with Crippen molar-refractivity contribution in [3.63, 3.8) is 0 Å². The molecule has 3 nitrogen and oxygen atoms in total. The molecule has 4 heteroatoms. The number of rotatable bonds is 4.